The van der Waals surface area contributed by atoms with Crippen LogP contribution >= 0.6 is 0 Å². The molecule has 0 radical (unpaired) electrons. The average molecular weight is 232 g/mol. The van der Waals surface area contributed by atoms with E-state index in [-0.39, 0.29) is 0 Å². The molecule has 88 valence electrons. The molecule has 18 heavy (non-hydrogen) atoms. The summed E-state index contributed by atoms with van der Waals surface area (Å²) in [6.07, 6.45) is 19.5. The second kappa shape index (κ2) is 3.84. The molecule has 1 aromatic carbocycles. The molecule has 0 nitrogen and oxygen atoms in total. The van der Waals surface area contributed by atoms with E-state index in [9.17, 15) is 0 Å². The van der Waals surface area contributed by atoms with Gasteiger partial charge in [-0.25, -0.2) is 0 Å². The maximum Gasteiger partial charge on any atom is 0.0130 e. The van der Waals surface area contributed by atoms with Gasteiger partial charge in [0, 0.05) is 5.92 Å². The van der Waals surface area contributed by atoms with Crippen molar-refractivity contribution in [3.05, 3.63) is 70.3 Å². The second-order valence-corrected chi connectivity index (χ2v) is 5.30. The molecule has 0 spiro atoms. The molecule has 0 aliphatic heterocycles. The standard InChI is InChI=1S/C18H16/c1-3-7-15-13(5-1)9-11-18-16-8-4-2-6-14(16)10-12-17(15)18/h1,3-5,8-12,15H,2,6-7H2/t15-/m0/s1. The van der Waals surface area contributed by atoms with Gasteiger partial charge in [-0.1, -0.05) is 54.7 Å². The summed E-state index contributed by atoms with van der Waals surface area (Å²) in [5.74, 6) is 0.579. The molecular weight excluding hydrogens is 216 g/mol. The smallest absolute Gasteiger partial charge is 0.0130 e. The fourth-order valence-corrected chi connectivity index (χ4v) is 3.35. The monoisotopic (exact) mass is 232 g/mol. The molecule has 0 fully saturated rings. The Bertz CT molecular complexity index is 624. The van der Waals surface area contributed by atoms with Crippen LogP contribution in [-0.2, 0) is 6.42 Å². The Labute approximate surface area is 108 Å². The fourth-order valence-electron chi connectivity index (χ4n) is 3.35. The van der Waals surface area contributed by atoms with Crippen LogP contribution in [0.4, 0.5) is 0 Å². The lowest BCUT2D eigenvalue weighted by atomic mass is 9.76. The third-order valence-corrected chi connectivity index (χ3v) is 4.29. The van der Waals surface area contributed by atoms with E-state index in [4.69, 9.17) is 0 Å². The SMILES string of the molecule is C1=CC[C@H]2C(=C1)C=Cc1c2ccc2c1C=CCC2. The summed E-state index contributed by atoms with van der Waals surface area (Å²) in [6.45, 7) is 0. The molecule has 0 aromatic heterocycles. The Morgan fingerprint density at radius 3 is 2.94 bits per heavy atom. The minimum atomic E-state index is 0.579. The molecule has 0 amide bonds. The molecule has 0 N–H and O–H groups in total. The number of benzene rings is 1. The fraction of sp³-hybridized carbons (Fsp3) is 0.222. The van der Waals surface area contributed by atoms with Crippen LogP contribution in [-0.4, -0.2) is 0 Å². The van der Waals surface area contributed by atoms with Crippen molar-refractivity contribution >= 4 is 12.2 Å². The zero-order valence-corrected chi connectivity index (χ0v) is 10.4. The molecular formula is C18H16. The van der Waals surface area contributed by atoms with Crippen molar-refractivity contribution < 1.29 is 0 Å². The summed E-state index contributed by atoms with van der Waals surface area (Å²) in [4.78, 5) is 0. The Kier molecular flexibility index (Phi) is 2.16. The predicted octanol–water partition coefficient (Wildman–Crippen LogP) is 4.64. The Hall–Kier alpha value is -1.82. The minimum Gasteiger partial charge on any atom is -0.0836 e. The first-order valence-electron chi connectivity index (χ1n) is 6.80. The van der Waals surface area contributed by atoms with E-state index in [1.54, 1.807) is 0 Å². The average Bonchev–Trinajstić information content (AvgIpc) is 2.46. The molecule has 0 saturated carbocycles. The van der Waals surface area contributed by atoms with Crippen LogP contribution in [0.2, 0.25) is 0 Å². The molecule has 0 heteroatoms. The van der Waals surface area contributed by atoms with Gasteiger partial charge in [-0.2, -0.15) is 0 Å². The zero-order chi connectivity index (χ0) is 11.9. The van der Waals surface area contributed by atoms with Crippen molar-refractivity contribution in [2.24, 2.45) is 0 Å². The Morgan fingerprint density at radius 2 is 1.94 bits per heavy atom. The predicted molar refractivity (Wildman–Crippen MR) is 77.4 cm³/mol. The van der Waals surface area contributed by atoms with Crippen LogP contribution in [0.3, 0.4) is 0 Å². The van der Waals surface area contributed by atoms with Gasteiger partial charge in [-0.05, 0) is 47.1 Å². The van der Waals surface area contributed by atoms with Gasteiger partial charge in [-0.15, -0.1) is 0 Å². The van der Waals surface area contributed by atoms with Gasteiger partial charge in [0.25, 0.3) is 0 Å². The second-order valence-electron chi connectivity index (χ2n) is 5.30. The van der Waals surface area contributed by atoms with E-state index in [0.29, 0.717) is 5.92 Å². The third-order valence-electron chi connectivity index (χ3n) is 4.29. The topological polar surface area (TPSA) is 0 Å². The summed E-state index contributed by atoms with van der Waals surface area (Å²) >= 11 is 0. The van der Waals surface area contributed by atoms with Crippen LogP contribution in [0.1, 0.15) is 41.0 Å². The quantitative estimate of drug-likeness (QED) is 0.611. The normalized spacial score (nSPS) is 23.1. The lowest BCUT2D eigenvalue weighted by Gasteiger charge is -2.28. The number of hydrogen-bond acceptors (Lipinski definition) is 0. The van der Waals surface area contributed by atoms with Crippen molar-refractivity contribution in [2.75, 3.05) is 0 Å². The lowest BCUT2D eigenvalue weighted by Crippen LogP contribution is -2.11. The van der Waals surface area contributed by atoms with E-state index < -0.39 is 0 Å². The van der Waals surface area contributed by atoms with Crippen molar-refractivity contribution in [1.29, 1.82) is 0 Å². The largest absolute Gasteiger partial charge is 0.0836 e. The highest BCUT2D eigenvalue weighted by Crippen LogP contribution is 2.41. The molecule has 0 unspecified atom stereocenters. The highest BCUT2D eigenvalue weighted by atomic mass is 14.3. The minimum absolute atomic E-state index is 0.579. The Balaban J connectivity index is 1.94. The highest BCUT2D eigenvalue weighted by molar-refractivity contribution is 5.76. The maximum atomic E-state index is 2.36. The van der Waals surface area contributed by atoms with Crippen molar-refractivity contribution in [1.82, 2.24) is 0 Å². The van der Waals surface area contributed by atoms with Gasteiger partial charge < -0.3 is 0 Å². The molecule has 3 aliphatic carbocycles. The number of hydrogen-bond donors (Lipinski definition) is 0. The van der Waals surface area contributed by atoms with Crippen molar-refractivity contribution in [3.63, 3.8) is 0 Å². The van der Waals surface area contributed by atoms with E-state index in [2.05, 4.69) is 54.7 Å². The van der Waals surface area contributed by atoms with Crippen LogP contribution in [0, 0.1) is 0 Å². The lowest BCUT2D eigenvalue weighted by molar-refractivity contribution is 0.807. The van der Waals surface area contributed by atoms with Gasteiger partial charge >= 0.3 is 0 Å². The molecule has 1 atom stereocenters. The van der Waals surface area contributed by atoms with Crippen LogP contribution in [0.5, 0.6) is 0 Å². The molecule has 0 heterocycles. The first-order valence-corrected chi connectivity index (χ1v) is 6.80. The Morgan fingerprint density at radius 1 is 0.944 bits per heavy atom. The summed E-state index contributed by atoms with van der Waals surface area (Å²) < 4.78 is 0. The van der Waals surface area contributed by atoms with Gasteiger partial charge in [-0.3, -0.25) is 0 Å². The molecule has 0 saturated heterocycles. The molecule has 4 rings (SSSR count). The maximum absolute atomic E-state index is 2.36. The molecule has 3 aliphatic rings. The van der Waals surface area contributed by atoms with Crippen molar-refractivity contribution in [2.45, 2.75) is 25.2 Å². The highest BCUT2D eigenvalue weighted by Gasteiger charge is 2.24. The van der Waals surface area contributed by atoms with E-state index in [0.717, 1.165) is 6.42 Å². The number of rotatable bonds is 0. The van der Waals surface area contributed by atoms with Gasteiger partial charge in [0.05, 0.1) is 0 Å². The van der Waals surface area contributed by atoms with Gasteiger partial charge in [0.2, 0.25) is 0 Å². The van der Waals surface area contributed by atoms with E-state index >= 15 is 0 Å². The first-order chi connectivity index (χ1) is 8.93. The summed E-state index contributed by atoms with van der Waals surface area (Å²) in [7, 11) is 0. The van der Waals surface area contributed by atoms with Crippen molar-refractivity contribution in [3.8, 4) is 0 Å². The molecule has 0 bridgehead atoms. The number of allylic oxidation sites excluding steroid dienone is 6. The van der Waals surface area contributed by atoms with Crippen LogP contribution in [0.15, 0.2) is 48.1 Å². The summed E-state index contributed by atoms with van der Waals surface area (Å²) in [5, 5.41) is 0. The van der Waals surface area contributed by atoms with E-state index in [1.165, 1.54) is 40.7 Å². The third kappa shape index (κ3) is 1.38. The van der Waals surface area contributed by atoms with Gasteiger partial charge in [0.1, 0.15) is 0 Å². The first kappa shape index (κ1) is 10.1. The van der Waals surface area contributed by atoms with E-state index in [1.807, 2.05) is 0 Å². The molecule has 1 aromatic rings. The van der Waals surface area contributed by atoms with Gasteiger partial charge in [0.15, 0.2) is 0 Å². The summed E-state index contributed by atoms with van der Waals surface area (Å²) in [6, 6.07) is 4.70. The number of aryl methyl sites for hydroxylation is 1. The summed E-state index contributed by atoms with van der Waals surface area (Å²) in [5.41, 5.74) is 7.41. The van der Waals surface area contributed by atoms with Crippen LogP contribution < -0.4 is 0 Å². The van der Waals surface area contributed by atoms with Crippen LogP contribution in [0.25, 0.3) is 12.2 Å². The zero-order valence-electron chi connectivity index (χ0n) is 10.4. The number of fused-ring (bicyclic) bond motifs is 5.